The summed E-state index contributed by atoms with van der Waals surface area (Å²) in [4.78, 5) is 0. The summed E-state index contributed by atoms with van der Waals surface area (Å²) >= 11 is 0. The SMILES string of the molecule is CC.CC.CC1=CCC(C)=CC=C1. The molecule has 0 saturated heterocycles. The molecule has 0 saturated carbocycles. The average Bonchev–Trinajstić information content (AvgIpc) is 2.38. The molecular weight excluding hydrogens is 156 g/mol. The van der Waals surface area contributed by atoms with E-state index in [0.717, 1.165) is 6.42 Å². The highest BCUT2D eigenvalue weighted by Crippen LogP contribution is 2.09. The van der Waals surface area contributed by atoms with Crippen LogP contribution in [-0.4, -0.2) is 0 Å². The fourth-order valence-corrected chi connectivity index (χ4v) is 0.822. The van der Waals surface area contributed by atoms with E-state index in [1.807, 2.05) is 27.7 Å². The number of hydrogen-bond acceptors (Lipinski definition) is 0. The van der Waals surface area contributed by atoms with Crippen molar-refractivity contribution in [1.82, 2.24) is 0 Å². The van der Waals surface area contributed by atoms with Gasteiger partial charge in [0, 0.05) is 0 Å². The minimum atomic E-state index is 1.11. The molecule has 0 N–H and O–H groups in total. The molecule has 76 valence electrons. The monoisotopic (exact) mass is 180 g/mol. The Kier molecular flexibility index (Phi) is 12.7. The number of allylic oxidation sites excluding steroid dienone is 6. The zero-order valence-electron chi connectivity index (χ0n) is 10.0. The topological polar surface area (TPSA) is 0 Å². The van der Waals surface area contributed by atoms with E-state index in [2.05, 4.69) is 38.2 Å². The van der Waals surface area contributed by atoms with E-state index in [1.54, 1.807) is 0 Å². The molecule has 0 aromatic rings. The quantitative estimate of drug-likeness (QED) is 0.498. The van der Waals surface area contributed by atoms with Gasteiger partial charge < -0.3 is 0 Å². The van der Waals surface area contributed by atoms with Crippen molar-refractivity contribution in [1.29, 1.82) is 0 Å². The maximum atomic E-state index is 2.25. The Morgan fingerprint density at radius 3 is 2.08 bits per heavy atom. The van der Waals surface area contributed by atoms with Gasteiger partial charge in [0.05, 0.1) is 0 Å². The predicted octanol–water partition coefficient (Wildman–Crippen LogP) is 4.89. The smallest absolute Gasteiger partial charge is 0.0133 e. The van der Waals surface area contributed by atoms with E-state index in [-0.39, 0.29) is 0 Å². The van der Waals surface area contributed by atoms with Gasteiger partial charge in [-0.05, 0) is 20.3 Å². The Morgan fingerprint density at radius 2 is 1.54 bits per heavy atom. The van der Waals surface area contributed by atoms with Gasteiger partial charge in [-0.2, -0.15) is 0 Å². The minimum absolute atomic E-state index is 1.11. The molecule has 0 amide bonds. The zero-order chi connectivity index (χ0) is 10.7. The van der Waals surface area contributed by atoms with Crippen molar-refractivity contribution in [3.63, 3.8) is 0 Å². The molecule has 0 heteroatoms. The highest BCUT2D eigenvalue weighted by atomic mass is 13.9. The van der Waals surface area contributed by atoms with Crippen LogP contribution >= 0.6 is 0 Å². The van der Waals surface area contributed by atoms with E-state index in [4.69, 9.17) is 0 Å². The number of hydrogen-bond donors (Lipinski definition) is 0. The summed E-state index contributed by atoms with van der Waals surface area (Å²) in [6.45, 7) is 12.3. The zero-order valence-corrected chi connectivity index (χ0v) is 10.0. The fraction of sp³-hybridized carbons (Fsp3) is 0.538. The fourth-order valence-electron chi connectivity index (χ4n) is 0.822. The molecule has 0 fully saturated rings. The summed E-state index contributed by atoms with van der Waals surface area (Å²) in [5, 5.41) is 0. The van der Waals surface area contributed by atoms with Gasteiger partial charge in [0.2, 0.25) is 0 Å². The van der Waals surface area contributed by atoms with Crippen LogP contribution in [0.3, 0.4) is 0 Å². The van der Waals surface area contributed by atoms with Gasteiger partial charge in [0.1, 0.15) is 0 Å². The summed E-state index contributed by atoms with van der Waals surface area (Å²) < 4.78 is 0. The lowest BCUT2D eigenvalue weighted by Crippen LogP contribution is -1.69. The third-order valence-corrected chi connectivity index (χ3v) is 1.49. The first-order valence-electron chi connectivity index (χ1n) is 5.29. The van der Waals surface area contributed by atoms with Crippen LogP contribution in [-0.2, 0) is 0 Å². The van der Waals surface area contributed by atoms with Crippen LogP contribution in [0.15, 0.2) is 35.5 Å². The predicted molar refractivity (Wildman–Crippen MR) is 64.0 cm³/mol. The van der Waals surface area contributed by atoms with Crippen LogP contribution in [0.1, 0.15) is 48.0 Å². The van der Waals surface area contributed by atoms with Crippen molar-refractivity contribution < 1.29 is 0 Å². The first-order chi connectivity index (χ1) is 6.29. The molecule has 0 heterocycles. The lowest BCUT2D eigenvalue weighted by Gasteiger charge is -1.89. The van der Waals surface area contributed by atoms with Gasteiger partial charge in [0.15, 0.2) is 0 Å². The Morgan fingerprint density at radius 1 is 1.00 bits per heavy atom. The van der Waals surface area contributed by atoms with Crippen LogP contribution in [0.2, 0.25) is 0 Å². The van der Waals surface area contributed by atoms with Crippen molar-refractivity contribution in [3.05, 3.63) is 35.5 Å². The third kappa shape index (κ3) is 9.13. The molecule has 0 radical (unpaired) electrons. The first kappa shape index (κ1) is 14.7. The Labute approximate surface area is 84.1 Å². The molecule has 0 atom stereocenters. The second-order valence-corrected chi connectivity index (χ2v) is 2.52. The summed E-state index contributed by atoms with van der Waals surface area (Å²) in [7, 11) is 0. The third-order valence-electron chi connectivity index (χ3n) is 1.49. The molecule has 0 bridgehead atoms. The van der Waals surface area contributed by atoms with Gasteiger partial charge in [0.25, 0.3) is 0 Å². The molecule has 1 aliphatic rings. The second kappa shape index (κ2) is 11.2. The normalized spacial score (nSPS) is 13.7. The summed E-state index contributed by atoms with van der Waals surface area (Å²) in [6, 6.07) is 0. The van der Waals surface area contributed by atoms with E-state index in [0.29, 0.717) is 0 Å². The Hall–Kier alpha value is -0.780. The van der Waals surface area contributed by atoms with Crippen LogP contribution < -0.4 is 0 Å². The molecule has 0 aromatic carbocycles. The largest absolute Gasteiger partial charge is 0.0775 e. The molecule has 0 spiro atoms. The molecule has 13 heavy (non-hydrogen) atoms. The molecule has 0 aromatic heterocycles. The maximum absolute atomic E-state index is 2.25. The Balaban J connectivity index is 0. The molecular formula is C13H24. The first-order valence-corrected chi connectivity index (χ1v) is 5.29. The summed E-state index contributed by atoms with van der Waals surface area (Å²) in [5.74, 6) is 0. The van der Waals surface area contributed by atoms with Crippen LogP contribution in [0, 0.1) is 0 Å². The van der Waals surface area contributed by atoms with Crippen LogP contribution in [0.4, 0.5) is 0 Å². The standard InChI is InChI=1S/C9H12.2C2H6/c1-8-4-3-5-9(2)7-6-8;2*1-2/h3-6H,7H2,1-2H3;2*1-2H3. The summed E-state index contributed by atoms with van der Waals surface area (Å²) in [6.07, 6.45) is 9.76. The minimum Gasteiger partial charge on any atom is -0.0775 e. The molecule has 0 nitrogen and oxygen atoms in total. The van der Waals surface area contributed by atoms with Gasteiger partial charge in [-0.25, -0.2) is 0 Å². The van der Waals surface area contributed by atoms with Crippen molar-refractivity contribution >= 4 is 0 Å². The van der Waals surface area contributed by atoms with E-state index < -0.39 is 0 Å². The van der Waals surface area contributed by atoms with Crippen molar-refractivity contribution in [3.8, 4) is 0 Å². The van der Waals surface area contributed by atoms with Crippen LogP contribution in [0.5, 0.6) is 0 Å². The van der Waals surface area contributed by atoms with E-state index >= 15 is 0 Å². The molecule has 0 unspecified atom stereocenters. The molecule has 0 aliphatic heterocycles. The molecule has 1 aliphatic carbocycles. The van der Waals surface area contributed by atoms with Gasteiger partial charge in [-0.3, -0.25) is 0 Å². The van der Waals surface area contributed by atoms with E-state index in [1.165, 1.54) is 11.1 Å². The number of rotatable bonds is 0. The highest BCUT2D eigenvalue weighted by Gasteiger charge is 1.88. The van der Waals surface area contributed by atoms with Crippen molar-refractivity contribution in [2.45, 2.75) is 48.0 Å². The maximum Gasteiger partial charge on any atom is -0.0133 e. The lowest BCUT2D eigenvalue weighted by molar-refractivity contribution is 1.20. The van der Waals surface area contributed by atoms with Crippen LogP contribution in [0.25, 0.3) is 0 Å². The lowest BCUT2D eigenvalue weighted by atomic mass is 10.2. The second-order valence-electron chi connectivity index (χ2n) is 2.52. The van der Waals surface area contributed by atoms with Gasteiger partial charge >= 0.3 is 0 Å². The summed E-state index contributed by atoms with van der Waals surface area (Å²) in [5.41, 5.74) is 2.80. The van der Waals surface area contributed by atoms with E-state index in [9.17, 15) is 0 Å². The van der Waals surface area contributed by atoms with Gasteiger partial charge in [-0.15, -0.1) is 0 Å². The average molecular weight is 180 g/mol. The van der Waals surface area contributed by atoms with Gasteiger partial charge in [-0.1, -0.05) is 63.1 Å². The highest BCUT2D eigenvalue weighted by molar-refractivity contribution is 5.27. The molecule has 1 rings (SSSR count). The Bertz CT molecular complexity index is 177. The van der Waals surface area contributed by atoms with Crippen molar-refractivity contribution in [2.24, 2.45) is 0 Å². The van der Waals surface area contributed by atoms with Crippen molar-refractivity contribution in [2.75, 3.05) is 0 Å².